The summed E-state index contributed by atoms with van der Waals surface area (Å²) in [4.78, 5) is 19.7. The van der Waals surface area contributed by atoms with E-state index in [0.717, 1.165) is 22.5 Å². The number of carbonyl (C=O) groups is 1. The molecule has 3 aromatic rings. The number of benzene rings is 2. The molecule has 1 aromatic heterocycles. The number of anilines is 2. The van der Waals surface area contributed by atoms with Crippen LogP contribution in [0.25, 0.3) is 0 Å². The van der Waals surface area contributed by atoms with E-state index in [2.05, 4.69) is 11.1 Å². The van der Waals surface area contributed by atoms with Gasteiger partial charge in [0.25, 0.3) is 0 Å². The standard InChI is InChI=1S/C23H22N2O2.ClH/c26-16-6-13-23(17-18-11-14-24-15-12-18)20-9-4-5-10-21(20)25(22(23)27)19-7-2-1-3-8-19;/h1-5,7-12,14-15,26H,6,13,16-17H2;1H. The molecule has 0 aliphatic carbocycles. The first kappa shape index (κ1) is 20.1. The highest BCUT2D eigenvalue weighted by atomic mass is 35.5. The van der Waals surface area contributed by atoms with E-state index in [1.54, 1.807) is 12.4 Å². The molecule has 4 rings (SSSR count). The van der Waals surface area contributed by atoms with Gasteiger partial charge in [0.2, 0.25) is 5.91 Å². The van der Waals surface area contributed by atoms with Crippen molar-refractivity contribution < 1.29 is 9.90 Å². The second kappa shape index (κ2) is 8.55. The number of hydrogen-bond acceptors (Lipinski definition) is 3. The van der Waals surface area contributed by atoms with Gasteiger partial charge in [0, 0.05) is 24.7 Å². The number of aliphatic hydroxyl groups is 1. The second-order valence-corrected chi connectivity index (χ2v) is 6.93. The van der Waals surface area contributed by atoms with Crippen molar-refractivity contribution in [3.63, 3.8) is 0 Å². The van der Waals surface area contributed by atoms with Crippen LogP contribution < -0.4 is 4.90 Å². The second-order valence-electron chi connectivity index (χ2n) is 6.93. The van der Waals surface area contributed by atoms with Crippen molar-refractivity contribution in [2.45, 2.75) is 24.7 Å². The molecule has 2 aromatic carbocycles. The molecule has 28 heavy (non-hydrogen) atoms. The van der Waals surface area contributed by atoms with Gasteiger partial charge >= 0.3 is 0 Å². The van der Waals surface area contributed by atoms with Gasteiger partial charge in [0.15, 0.2) is 0 Å². The van der Waals surface area contributed by atoms with Crippen LogP contribution in [0.4, 0.5) is 11.4 Å². The van der Waals surface area contributed by atoms with E-state index in [-0.39, 0.29) is 24.9 Å². The number of para-hydroxylation sites is 2. The van der Waals surface area contributed by atoms with Crippen molar-refractivity contribution in [3.8, 4) is 0 Å². The predicted molar refractivity (Wildman–Crippen MR) is 113 cm³/mol. The monoisotopic (exact) mass is 394 g/mol. The molecule has 1 amide bonds. The molecule has 0 saturated heterocycles. The van der Waals surface area contributed by atoms with Crippen LogP contribution in [-0.4, -0.2) is 22.6 Å². The molecule has 0 spiro atoms. The van der Waals surface area contributed by atoms with Gasteiger partial charge in [-0.2, -0.15) is 0 Å². The van der Waals surface area contributed by atoms with Crippen molar-refractivity contribution in [3.05, 3.63) is 90.3 Å². The van der Waals surface area contributed by atoms with Gasteiger partial charge in [-0.1, -0.05) is 36.4 Å². The van der Waals surface area contributed by atoms with Gasteiger partial charge in [0.05, 0.1) is 11.1 Å². The lowest BCUT2D eigenvalue weighted by Crippen LogP contribution is -2.40. The Morgan fingerprint density at radius 2 is 1.61 bits per heavy atom. The summed E-state index contributed by atoms with van der Waals surface area (Å²) < 4.78 is 0. The Bertz CT molecular complexity index is 934. The number of aliphatic hydroxyl groups excluding tert-OH is 1. The number of hydrogen-bond donors (Lipinski definition) is 1. The van der Waals surface area contributed by atoms with Gasteiger partial charge in [-0.3, -0.25) is 14.7 Å². The van der Waals surface area contributed by atoms with Crippen LogP contribution in [0.1, 0.15) is 24.0 Å². The molecule has 0 fully saturated rings. The van der Waals surface area contributed by atoms with Crippen LogP contribution in [0, 0.1) is 0 Å². The first-order valence-corrected chi connectivity index (χ1v) is 9.25. The summed E-state index contributed by atoms with van der Waals surface area (Å²) in [6.45, 7) is 0.0683. The SMILES string of the molecule is Cl.O=C1N(c2ccccc2)c2ccccc2C1(CCCO)Cc1ccncc1. The van der Waals surface area contributed by atoms with Crippen LogP contribution in [0.5, 0.6) is 0 Å². The summed E-state index contributed by atoms with van der Waals surface area (Å²) in [5.74, 6) is 0.0696. The summed E-state index contributed by atoms with van der Waals surface area (Å²) in [6, 6.07) is 21.7. The fourth-order valence-electron chi connectivity index (χ4n) is 4.08. The summed E-state index contributed by atoms with van der Waals surface area (Å²) in [5.41, 5.74) is 3.22. The van der Waals surface area contributed by atoms with Gasteiger partial charge in [-0.05, 0) is 60.7 Å². The lowest BCUT2D eigenvalue weighted by Gasteiger charge is -2.29. The molecule has 2 heterocycles. The zero-order valence-corrected chi connectivity index (χ0v) is 16.3. The number of fused-ring (bicyclic) bond motifs is 1. The number of aromatic nitrogens is 1. The van der Waals surface area contributed by atoms with E-state index in [9.17, 15) is 9.90 Å². The minimum Gasteiger partial charge on any atom is -0.396 e. The third-order valence-corrected chi connectivity index (χ3v) is 5.30. The maximum atomic E-state index is 13.8. The Kier molecular flexibility index (Phi) is 6.12. The van der Waals surface area contributed by atoms with Crippen molar-refractivity contribution in [1.29, 1.82) is 0 Å². The average molecular weight is 395 g/mol. The molecule has 1 aliphatic heterocycles. The van der Waals surface area contributed by atoms with E-state index in [4.69, 9.17) is 0 Å². The molecular formula is C23H23ClN2O2. The Morgan fingerprint density at radius 1 is 0.929 bits per heavy atom. The lowest BCUT2D eigenvalue weighted by molar-refractivity contribution is -0.122. The van der Waals surface area contributed by atoms with Crippen LogP contribution in [0.15, 0.2) is 79.1 Å². The quantitative estimate of drug-likeness (QED) is 0.672. The third-order valence-electron chi connectivity index (χ3n) is 5.30. The van der Waals surface area contributed by atoms with Crippen LogP contribution >= 0.6 is 12.4 Å². The van der Waals surface area contributed by atoms with E-state index < -0.39 is 5.41 Å². The predicted octanol–water partition coefficient (Wildman–Crippen LogP) is 4.43. The number of nitrogens with zero attached hydrogens (tertiary/aromatic N) is 2. The topological polar surface area (TPSA) is 53.4 Å². The highest BCUT2D eigenvalue weighted by Crippen LogP contribution is 2.49. The summed E-state index contributed by atoms with van der Waals surface area (Å²) >= 11 is 0. The average Bonchev–Trinajstić information content (AvgIpc) is 2.96. The maximum absolute atomic E-state index is 13.8. The molecule has 144 valence electrons. The highest BCUT2D eigenvalue weighted by Gasteiger charge is 2.50. The minimum atomic E-state index is -0.684. The van der Waals surface area contributed by atoms with Crippen molar-refractivity contribution in [2.24, 2.45) is 0 Å². The summed E-state index contributed by atoms with van der Waals surface area (Å²) in [5, 5.41) is 9.49. The van der Waals surface area contributed by atoms with Crippen molar-refractivity contribution >= 4 is 29.7 Å². The molecule has 1 aliphatic rings. The highest BCUT2D eigenvalue weighted by molar-refractivity contribution is 6.13. The van der Waals surface area contributed by atoms with Gasteiger partial charge in [-0.15, -0.1) is 12.4 Å². The van der Waals surface area contributed by atoms with E-state index in [0.29, 0.717) is 19.3 Å². The van der Waals surface area contributed by atoms with E-state index in [1.165, 1.54) is 0 Å². The van der Waals surface area contributed by atoms with Crippen LogP contribution in [0.2, 0.25) is 0 Å². The molecule has 1 unspecified atom stereocenters. The Hall–Kier alpha value is -2.69. The fourth-order valence-corrected chi connectivity index (χ4v) is 4.08. The third kappa shape index (κ3) is 3.41. The number of halogens is 1. The van der Waals surface area contributed by atoms with E-state index in [1.807, 2.05) is 65.6 Å². The maximum Gasteiger partial charge on any atom is 0.242 e. The van der Waals surface area contributed by atoms with Crippen molar-refractivity contribution in [1.82, 2.24) is 4.98 Å². The molecule has 1 N–H and O–H groups in total. The molecule has 1 atom stereocenters. The van der Waals surface area contributed by atoms with Gasteiger partial charge < -0.3 is 5.11 Å². The number of amides is 1. The minimum absolute atomic E-state index is 0. The molecule has 5 heteroatoms. The summed E-state index contributed by atoms with van der Waals surface area (Å²) in [7, 11) is 0. The molecule has 4 nitrogen and oxygen atoms in total. The van der Waals surface area contributed by atoms with Crippen molar-refractivity contribution in [2.75, 3.05) is 11.5 Å². The number of rotatable bonds is 6. The van der Waals surface area contributed by atoms with Crippen LogP contribution in [0.3, 0.4) is 0 Å². The fraction of sp³-hybridized carbons (Fsp3) is 0.217. The first-order chi connectivity index (χ1) is 13.3. The molecule has 0 radical (unpaired) electrons. The largest absolute Gasteiger partial charge is 0.396 e. The number of carbonyl (C=O) groups excluding carboxylic acids is 1. The normalized spacial score (nSPS) is 17.9. The van der Waals surface area contributed by atoms with Gasteiger partial charge in [0.1, 0.15) is 0 Å². The molecule has 0 saturated carbocycles. The first-order valence-electron chi connectivity index (χ1n) is 9.25. The number of pyridine rings is 1. The van der Waals surface area contributed by atoms with Crippen LogP contribution in [-0.2, 0) is 16.6 Å². The zero-order valence-electron chi connectivity index (χ0n) is 15.5. The lowest BCUT2D eigenvalue weighted by atomic mass is 9.73. The van der Waals surface area contributed by atoms with E-state index >= 15 is 0 Å². The Labute approximate surface area is 171 Å². The Morgan fingerprint density at radius 3 is 2.32 bits per heavy atom. The smallest absolute Gasteiger partial charge is 0.242 e. The Balaban J connectivity index is 0.00000225. The molecular weight excluding hydrogens is 372 g/mol. The summed E-state index contributed by atoms with van der Waals surface area (Å²) in [6.07, 6.45) is 5.29. The van der Waals surface area contributed by atoms with Gasteiger partial charge in [-0.25, -0.2) is 0 Å². The molecule has 0 bridgehead atoms. The zero-order chi connectivity index (χ0) is 18.7.